The Morgan fingerprint density at radius 1 is 1.04 bits per heavy atom. The lowest BCUT2D eigenvalue weighted by molar-refractivity contribution is 0.247. The molecule has 1 aromatic carbocycles. The molecule has 130 valence electrons. The lowest BCUT2D eigenvalue weighted by atomic mass is 9.76. The first-order chi connectivity index (χ1) is 10.4. The molecule has 0 aliphatic heterocycles. The number of aryl methyl sites for hydroxylation is 3. The van der Waals surface area contributed by atoms with Gasteiger partial charge in [-0.15, -0.1) is 0 Å². The molecule has 1 aromatic rings. The summed E-state index contributed by atoms with van der Waals surface area (Å²) in [6.45, 7) is 21.7. The predicted octanol–water partition coefficient (Wildman–Crippen LogP) is 7.02. The molecule has 0 fully saturated rings. The van der Waals surface area contributed by atoms with Gasteiger partial charge < -0.3 is 5.41 Å². The molecule has 23 heavy (non-hydrogen) atoms. The zero-order valence-electron chi connectivity index (χ0n) is 17.0. The van der Waals surface area contributed by atoms with Crippen LogP contribution in [0.5, 0.6) is 0 Å². The average Bonchev–Trinajstić information content (AvgIpc) is 2.42. The fourth-order valence-corrected chi connectivity index (χ4v) is 2.39. The smallest absolute Gasteiger partial charge is 0.0357 e. The fourth-order valence-electron chi connectivity index (χ4n) is 2.39. The van der Waals surface area contributed by atoms with Crippen molar-refractivity contribution < 1.29 is 0 Å². The van der Waals surface area contributed by atoms with E-state index in [-0.39, 0.29) is 0 Å². The van der Waals surface area contributed by atoms with Gasteiger partial charge in [-0.1, -0.05) is 45.4 Å². The minimum absolute atomic E-state index is 0.455. The van der Waals surface area contributed by atoms with E-state index in [0.29, 0.717) is 11.1 Å². The highest BCUT2D eigenvalue weighted by molar-refractivity contribution is 5.97. The van der Waals surface area contributed by atoms with Crippen LogP contribution >= 0.6 is 0 Å². The minimum atomic E-state index is 0.455. The Morgan fingerprint density at radius 3 is 1.91 bits per heavy atom. The first kappa shape index (κ1) is 21.6. The highest BCUT2D eigenvalue weighted by Gasteiger charge is 2.21. The van der Waals surface area contributed by atoms with Crippen LogP contribution < -0.4 is 0 Å². The Balaban J connectivity index is 0.000000423. The first-order valence-electron chi connectivity index (χ1n) is 8.67. The van der Waals surface area contributed by atoms with Crippen molar-refractivity contribution >= 4 is 5.71 Å². The molecule has 0 amide bonds. The quantitative estimate of drug-likeness (QED) is 0.456. The van der Waals surface area contributed by atoms with Crippen molar-refractivity contribution in [3.05, 3.63) is 46.0 Å². The molecule has 0 radical (unpaired) electrons. The highest BCUT2D eigenvalue weighted by Crippen LogP contribution is 2.32. The molecule has 0 spiro atoms. The van der Waals surface area contributed by atoms with Gasteiger partial charge in [-0.25, -0.2) is 0 Å². The zero-order chi connectivity index (χ0) is 18.4. The molecule has 1 nitrogen and oxygen atoms in total. The Bertz CT molecular complexity index is 560. The SMILES string of the molecule is C/C=C(/C)CC(C)(C)C(C)C.CC(=N)c1cc(C)c(C)cc1C. The van der Waals surface area contributed by atoms with Crippen LogP contribution in [0.4, 0.5) is 0 Å². The lowest BCUT2D eigenvalue weighted by Crippen LogP contribution is -2.19. The van der Waals surface area contributed by atoms with Gasteiger partial charge in [0.2, 0.25) is 0 Å². The van der Waals surface area contributed by atoms with Gasteiger partial charge in [0.1, 0.15) is 0 Å². The maximum Gasteiger partial charge on any atom is 0.0357 e. The van der Waals surface area contributed by atoms with Crippen molar-refractivity contribution in [2.24, 2.45) is 11.3 Å². The summed E-state index contributed by atoms with van der Waals surface area (Å²) in [6, 6.07) is 4.23. The van der Waals surface area contributed by atoms with Gasteiger partial charge in [-0.3, -0.25) is 0 Å². The number of hydrogen-bond acceptors (Lipinski definition) is 1. The minimum Gasteiger partial charge on any atom is -0.305 e. The van der Waals surface area contributed by atoms with Gasteiger partial charge in [-0.05, 0) is 87.6 Å². The van der Waals surface area contributed by atoms with Gasteiger partial charge in [0.05, 0.1) is 0 Å². The van der Waals surface area contributed by atoms with E-state index in [1.165, 1.54) is 28.7 Å². The van der Waals surface area contributed by atoms with E-state index in [4.69, 9.17) is 5.41 Å². The summed E-state index contributed by atoms with van der Waals surface area (Å²) < 4.78 is 0. The second kappa shape index (κ2) is 9.05. The largest absolute Gasteiger partial charge is 0.305 e. The Kier molecular flexibility index (Phi) is 8.52. The van der Waals surface area contributed by atoms with Crippen LogP contribution in [0.25, 0.3) is 0 Å². The van der Waals surface area contributed by atoms with Gasteiger partial charge in [0.25, 0.3) is 0 Å². The molecule has 0 saturated carbocycles. The summed E-state index contributed by atoms with van der Waals surface area (Å²) in [5, 5.41) is 7.54. The second-order valence-corrected chi connectivity index (χ2v) is 7.83. The van der Waals surface area contributed by atoms with Crippen LogP contribution in [0, 0.1) is 37.5 Å². The third-order valence-corrected chi connectivity index (χ3v) is 5.03. The molecule has 1 N–H and O–H groups in total. The first-order valence-corrected chi connectivity index (χ1v) is 8.67. The van der Waals surface area contributed by atoms with E-state index in [1.807, 2.05) is 6.92 Å². The van der Waals surface area contributed by atoms with E-state index in [1.54, 1.807) is 0 Å². The monoisotopic (exact) mass is 315 g/mol. The highest BCUT2D eigenvalue weighted by atomic mass is 14.4. The van der Waals surface area contributed by atoms with Crippen LogP contribution in [0.15, 0.2) is 23.8 Å². The van der Waals surface area contributed by atoms with Crippen LogP contribution in [0.2, 0.25) is 0 Å². The fraction of sp³-hybridized carbons (Fsp3) is 0.591. The molecule has 0 unspecified atom stereocenters. The van der Waals surface area contributed by atoms with Gasteiger partial charge in [-0.2, -0.15) is 0 Å². The second-order valence-electron chi connectivity index (χ2n) is 7.83. The number of hydrogen-bond donors (Lipinski definition) is 1. The van der Waals surface area contributed by atoms with Gasteiger partial charge >= 0.3 is 0 Å². The maximum atomic E-state index is 7.54. The lowest BCUT2D eigenvalue weighted by Gasteiger charge is -2.29. The number of benzene rings is 1. The van der Waals surface area contributed by atoms with Crippen molar-refractivity contribution in [2.45, 2.75) is 75.7 Å². The van der Waals surface area contributed by atoms with Crippen molar-refractivity contribution in [2.75, 3.05) is 0 Å². The van der Waals surface area contributed by atoms with E-state index in [2.05, 4.69) is 80.5 Å². The molecule has 0 saturated heterocycles. The van der Waals surface area contributed by atoms with E-state index in [9.17, 15) is 0 Å². The molecule has 0 aliphatic rings. The van der Waals surface area contributed by atoms with Crippen LogP contribution in [0.1, 0.15) is 77.1 Å². The van der Waals surface area contributed by atoms with Crippen LogP contribution in [-0.4, -0.2) is 5.71 Å². The Labute approximate surface area is 144 Å². The summed E-state index contributed by atoms with van der Waals surface area (Å²) in [6.07, 6.45) is 3.44. The number of nitrogens with one attached hydrogen (secondary N) is 1. The summed E-state index contributed by atoms with van der Waals surface area (Å²) in [5.41, 5.74) is 7.44. The predicted molar refractivity (Wildman–Crippen MR) is 106 cm³/mol. The summed E-state index contributed by atoms with van der Waals surface area (Å²) in [7, 11) is 0. The van der Waals surface area contributed by atoms with Crippen molar-refractivity contribution in [3.63, 3.8) is 0 Å². The molecule has 0 heterocycles. The Morgan fingerprint density at radius 2 is 1.52 bits per heavy atom. The molecule has 1 heteroatoms. The van der Waals surface area contributed by atoms with Crippen molar-refractivity contribution in [1.82, 2.24) is 0 Å². The average molecular weight is 316 g/mol. The summed E-state index contributed by atoms with van der Waals surface area (Å²) >= 11 is 0. The van der Waals surface area contributed by atoms with Crippen LogP contribution in [0.3, 0.4) is 0 Å². The molecule has 0 atom stereocenters. The summed E-state index contributed by atoms with van der Waals surface area (Å²) in [5.74, 6) is 0.761. The number of allylic oxidation sites excluding steroid dienone is 2. The standard InChI is InChI=1S/C11H15N.C11H22/c1-7-5-9(3)11(10(4)12)6-8(7)2;1-7-10(4)8-11(5,6)9(2)3/h5-6,12H,1-4H3;7,9H,8H2,1-6H3/b;10-7-. The zero-order valence-corrected chi connectivity index (χ0v) is 17.0. The van der Waals surface area contributed by atoms with Crippen LogP contribution in [-0.2, 0) is 0 Å². The molecular formula is C22H37N. The van der Waals surface area contributed by atoms with E-state index in [0.717, 1.165) is 11.5 Å². The van der Waals surface area contributed by atoms with Gasteiger partial charge in [0, 0.05) is 5.71 Å². The molecule has 0 aromatic heterocycles. The summed E-state index contributed by atoms with van der Waals surface area (Å²) in [4.78, 5) is 0. The third-order valence-electron chi connectivity index (χ3n) is 5.03. The topological polar surface area (TPSA) is 23.9 Å². The molecule has 0 aliphatic carbocycles. The normalized spacial score (nSPS) is 12.0. The van der Waals surface area contributed by atoms with E-state index < -0.39 is 0 Å². The molecule has 0 bridgehead atoms. The van der Waals surface area contributed by atoms with E-state index >= 15 is 0 Å². The van der Waals surface area contributed by atoms with Crippen molar-refractivity contribution in [3.8, 4) is 0 Å². The van der Waals surface area contributed by atoms with Gasteiger partial charge in [0.15, 0.2) is 0 Å². The van der Waals surface area contributed by atoms with Crippen molar-refractivity contribution in [1.29, 1.82) is 5.41 Å². The third kappa shape index (κ3) is 7.16. The molecule has 1 rings (SSSR count). The Hall–Kier alpha value is -1.37. The molecular weight excluding hydrogens is 278 g/mol. The maximum absolute atomic E-state index is 7.54. The number of rotatable bonds is 4.